The molecule has 1 aromatic heterocycles. The molecule has 0 radical (unpaired) electrons. The van der Waals surface area contributed by atoms with Gasteiger partial charge >= 0.3 is 0 Å². The first kappa shape index (κ1) is 19.9. The highest BCUT2D eigenvalue weighted by Crippen LogP contribution is 2.27. The van der Waals surface area contributed by atoms with Gasteiger partial charge in [0.1, 0.15) is 11.5 Å². The van der Waals surface area contributed by atoms with Gasteiger partial charge < -0.3 is 19.3 Å². The quantitative estimate of drug-likeness (QED) is 0.694. The molecule has 1 unspecified atom stereocenters. The fourth-order valence-electron chi connectivity index (χ4n) is 3.57. The summed E-state index contributed by atoms with van der Waals surface area (Å²) in [6, 6.07) is 14.4. The summed E-state index contributed by atoms with van der Waals surface area (Å²) in [7, 11) is 1.52. The van der Waals surface area contributed by atoms with Crippen molar-refractivity contribution in [2.75, 3.05) is 33.3 Å². The zero-order valence-electron chi connectivity index (χ0n) is 17.0. The highest BCUT2D eigenvalue weighted by atomic mass is 16.5. The van der Waals surface area contributed by atoms with E-state index in [0.717, 1.165) is 5.56 Å². The zero-order valence-corrected chi connectivity index (χ0v) is 17.0. The van der Waals surface area contributed by atoms with E-state index < -0.39 is 0 Å². The van der Waals surface area contributed by atoms with E-state index in [9.17, 15) is 9.90 Å². The lowest BCUT2D eigenvalue weighted by atomic mass is 10.1. The van der Waals surface area contributed by atoms with Crippen LogP contribution in [0.25, 0.3) is 11.4 Å². The standard InChI is InChI=1S/C22H24N4O4/c1-15(21-23-20(24-30-21)16-6-4-3-5-7-16)25-10-12-26(13-11-25)22(28)18-9-8-17(29-2)14-19(18)27/h3-9,14-15,27H,10-13H2,1-2H3. The molecule has 0 aliphatic carbocycles. The minimum absolute atomic E-state index is 0.0541. The summed E-state index contributed by atoms with van der Waals surface area (Å²) in [4.78, 5) is 21.3. The van der Waals surface area contributed by atoms with Crippen LogP contribution in [0.5, 0.6) is 11.5 Å². The third-order valence-corrected chi connectivity index (χ3v) is 5.42. The van der Waals surface area contributed by atoms with Crippen molar-refractivity contribution in [1.82, 2.24) is 19.9 Å². The molecule has 3 aromatic rings. The van der Waals surface area contributed by atoms with Crippen molar-refractivity contribution in [2.45, 2.75) is 13.0 Å². The molecular formula is C22H24N4O4. The van der Waals surface area contributed by atoms with Crippen molar-refractivity contribution in [3.63, 3.8) is 0 Å². The van der Waals surface area contributed by atoms with Crippen LogP contribution >= 0.6 is 0 Å². The Balaban J connectivity index is 1.38. The summed E-state index contributed by atoms with van der Waals surface area (Å²) in [5, 5.41) is 14.2. The maximum atomic E-state index is 12.8. The molecule has 1 amide bonds. The molecule has 4 rings (SSSR count). The average Bonchev–Trinajstić information content (AvgIpc) is 3.29. The molecule has 8 heteroatoms. The van der Waals surface area contributed by atoms with Crippen molar-refractivity contribution in [3.8, 4) is 22.9 Å². The molecular weight excluding hydrogens is 384 g/mol. The Morgan fingerprint density at radius 3 is 2.53 bits per heavy atom. The molecule has 1 saturated heterocycles. The van der Waals surface area contributed by atoms with Gasteiger partial charge in [-0.25, -0.2) is 0 Å². The number of hydrogen-bond donors (Lipinski definition) is 1. The van der Waals surface area contributed by atoms with E-state index in [1.54, 1.807) is 17.0 Å². The number of aromatic nitrogens is 2. The maximum absolute atomic E-state index is 12.8. The summed E-state index contributed by atoms with van der Waals surface area (Å²) in [5.41, 5.74) is 1.19. The highest BCUT2D eigenvalue weighted by Gasteiger charge is 2.29. The summed E-state index contributed by atoms with van der Waals surface area (Å²) >= 11 is 0. The van der Waals surface area contributed by atoms with Crippen LogP contribution in [0, 0.1) is 0 Å². The number of hydrogen-bond acceptors (Lipinski definition) is 7. The van der Waals surface area contributed by atoms with Crippen molar-refractivity contribution < 1.29 is 19.2 Å². The normalized spacial score (nSPS) is 15.7. The number of rotatable bonds is 5. The Bertz CT molecular complexity index is 1010. The van der Waals surface area contributed by atoms with E-state index in [0.29, 0.717) is 43.6 Å². The molecule has 1 aliphatic heterocycles. The first-order chi connectivity index (χ1) is 14.6. The molecule has 30 heavy (non-hydrogen) atoms. The number of phenols is 1. The van der Waals surface area contributed by atoms with Crippen LogP contribution in [0.1, 0.15) is 29.2 Å². The smallest absolute Gasteiger partial charge is 0.257 e. The van der Waals surface area contributed by atoms with Crippen LogP contribution in [-0.2, 0) is 0 Å². The van der Waals surface area contributed by atoms with Gasteiger partial charge in [-0.3, -0.25) is 9.69 Å². The van der Waals surface area contributed by atoms with E-state index in [4.69, 9.17) is 9.26 Å². The average molecular weight is 408 g/mol. The number of ether oxygens (including phenoxy) is 1. The van der Waals surface area contributed by atoms with Crippen LogP contribution < -0.4 is 4.74 Å². The van der Waals surface area contributed by atoms with Gasteiger partial charge in [0.2, 0.25) is 11.7 Å². The van der Waals surface area contributed by atoms with Crippen LogP contribution in [0.3, 0.4) is 0 Å². The second-order valence-corrected chi connectivity index (χ2v) is 7.21. The fraction of sp³-hybridized carbons (Fsp3) is 0.318. The minimum Gasteiger partial charge on any atom is -0.507 e. The van der Waals surface area contributed by atoms with E-state index >= 15 is 0 Å². The molecule has 8 nitrogen and oxygen atoms in total. The summed E-state index contributed by atoms with van der Waals surface area (Å²) in [6.45, 7) is 4.47. The summed E-state index contributed by atoms with van der Waals surface area (Å²) < 4.78 is 10.6. The Labute approximate surface area is 174 Å². The molecule has 1 aliphatic rings. The molecule has 0 spiro atoms. The number of nitrogens with zero attached hydrogens (tertiary/aromatic N) is 4. The van der Waals surface area contributed by atoms with E-state index in [-0.39, 0.29) is 23.3 Å². The Hall–Kier alpha value is -3.39. The topological polar surface area (TPSA) is 91.9 Å². The first-order valence-corrected chi connectivity index (χ1v) is 9.86. The number of aromatic hydroxyl groups is 1. The van der Waals surface area contributed by atoms with Crippen LogP contribution in [-0.4, -0.2) is 64.2 Å². The monoisotopic (exact) mass is 408 g/mol. The molecule has 2 heterocycles. The molecule has 1 N–H and O–H groups in total. The Morgan fingerprint density at radius 1 is 1.13 bits per heavy atom. The van der Waals surface area contributed by atoms with E-state index in [1.165, 1.54) is 13.2 Å². The van der Waals surface area contributed by atoms with Gasteiger partial charge in [0, 0.05) is 37.8 Å². The second kappa shape index (κ2) is 8.54. The van der Waals surface area contributed by atoms with Gasteiger partial charge in [-0.2, -0.15) is 4.98 Å². The van der Waals surface area contributed by atoms with Crippen LogP contribution in [0.15, 0.2) is 53.1 Å². The van der Waals surface area contributed by atoms with Crippen molar-refractivity contribution in [2.24, 2.45) is 0 Å². The molecule has 1 atom stereocenters. The summed E-state index contributed by atoms with van der Waals surface area (Å²) in [6.07, 6.45) is 0. The first-order valence-electron chi connectivity index (χ1n) is 9.86. The molecule has 2 aromatic carbocycles. The van der Waals surface area contributed by atoms with Crippen LogP contribution in [0.2, 0.25) is 0 Å². The Kier molecular flexibility index (Phi) is 5.67. The third-order valence-electron chi connectivity index (χ3n) is 5.42. The van der Waals surface area contributed by atoms with Crippen LogP contribution in [0.4, 0.5) is 0 Å². The maximum Gasteiger partial charge on any atom is 0.257 e. The third kappa shape index (κ3) is 3.99. The van der Waals surface area contributed by atoms with E-state index in [1.807, 2.05) is 37.3 Å². The Morgan fingerprint density at radius 2 is 1.87 bits per heavy atom. The number of piperazine rings is 1. The summed E-state index contributed by atoms with van der Waals surface area (Å²) in [5.74, 6) is 1.38. The number of phenolic OH excluding ortho intramolecular Hbond substituents is 1. The minimum atomic E-state index is -0.188. The van der Waals surface area contributed by atoms with Gasteiger partial charge in [-0.05, 0) is 19.1 Å². The largest absolute Gasteiger partial charge is 0.507 e. The SMILES string of the molecule is COc1ccc(C(=O)N2CCN(C(C)c3nc(-c4ccccc4)no3)CC2)c(O)c1. The molecule has 156 valence electrons. The lowest BCUT2D eigenvalue weighted by Crippen LogP contribution is -2.49. The number of benzene rings is 2. The predicted octanol–water partition coefficient (Wildman–Crippen LogP) is 2.97. The molecule has 1 fully saturated rings. The van der Waals surface area contributed by atoms with Crippen molar-refractivity contribution >= 4 is 5.91 Å². The fourth-order valence-corrected chi connectivity index (χ4v) is 3.57. The van der Waals surface area contributed by atoms with E-state index in [2.05, 4.69) is 15.0 Å². The van der Waals surface area contributed by atoms with Crippen molar-refractivity contribution in [1.29, 1.82) is 0 Å². The second-order valence-electron chi connectivity index (χ2n) is 7.21. The predicted molar refractivity (Wildman–Crippen MR) is 110 cm³/mol. The number of carbonyl (C=O) groups excluding carboxylic acids is 1. The van der Waals surface area contributed by atoms with Gasteiger partial charge in [0.05, 0.1) is 18.7 Å². The zero-order chi connectivity index (χ0) is 21.1. The number of amides is 1. The lowest BCUT2D eigenvalue weighted by molar-refractivity contribution is 0.0549. The van der Waals surface area contributed by atoms with Gasteiger partial charge in [-0.15, -0.1) is 0 Å². The number of carbonyl (C=O) groups is 1. The molecule has 0 saturated carbocycles. The van der Waals surface area contributed by atoms with Gasteiger partial charge in [0.15, 0.2) is 0 Å². The van der Waals surface area contributed by atoms with Gasteiger partial charge in [0.25, 0.3) is 5.91 Å². The number of methoxy groups -OCH3 is 1. The lowest BCUT2D eigenvalue weighted by Gasteiger charge is -2.36. The molecule has 0 bridgehead atoms. The van der Waals surface area contributed by atoms with Gasteiger partial charge in [-0.1, -0.05) is 35.5 Å². The van der Waals surface area contributed by atoms with Crippen molar-refractivity contribution in [3.05, 3.63) is 60.0 Å². The highest BCUT2D eigenvalue weighted by molar-refractivity contribution is 5.97.